The third-order valence-corrected chi connectivity index (χ3v) is 7.44. The minimum Gasteiger partial charge on any atom is -0.493 e. The van der Waals surface area contributed by atoms with Crippen LogP contribution in [0.3, 0.4) is 0 Å². The van der Waals surface area contributed by atoms with Crippen LogP contribution < -0.4 is 14.2 Å². The first-order valence-electron chi connectivity index (χ1n) is 12.7. The maximum atomic E-state index is 13.1. The van der Waals surface area contributed by atoms with Crippen molar-refractivity contribution in [3.05, 3.63) is 92.3 Å². The highest BCUT2D eigenvalue weighted by molar-refractivity contribution is 8.18. The van der Waals surface area contributed by atoms with Crippen LogP contribution in [-0.2, 0) is 11.4 Å². The number of thioether (sulfide) groups is 1. The molecule has 0 bridgehead atoms. The van der Waals surface area contributed by atoms with Gasteiger partial charge >= 0.3 is 0 Å². The first-order chi connectivity index (χ1) is 18.7. The van der Waals surface area contributed by atoms with Crippen LogP contribution in [0.15, 0.2) is 59.5 Å². The minimum atomic E-state index is -0.364. The van der Waals surface area contributed by atoms with E-state index in [-0.39, 0.29) is 24.3 Å². The zero-order chi connectivity index (χ0) is 28.1. The Morgan fingerprint density at radius 3 is 2.46 bits per heavy atom. The Morgan fingerprint density at radius 1 is 0.974 bits per heavy atom. The third kappa shape index (κ3) is 6.97. The molecule has 3 aromatic rings. The molecular formula is C31H32ClNO5S. The smallest absolute Gasteiger partial charge is 0.293 e. The van der Waals surface area contributed by atoms with Crippen LogP contribution in [0.4, 0.5) is 4.79 Å². The van der Waals surface area contributed by atoms with E-state index in [0.717, 1.165) is 39.8 Å². The summed E-state index contributed by atoms with van der Waals surface area (Å²) in [4.78, 5) is 27.2. The fourth-order valence-corrected chi connectivity index (χ4v) is 5.39. The molecule has 1 fully saturated rings. The van der Waals surface area contributed by atoms with Gasteiger partial charge in [0.1, 0.15) is 19.0 Å². The number of nitrogens with zero attached hydrogens (tertiary/aromatic N) is 1. The first-order valence-corrected chi connectivity index (χ1v) is 13.9. The summed E-state index contributed by atoms with van der Waals surface area (Å²) in [5.41, 5.74) is 4.96. The van der Waals surface area contributed by atoms with E-state index < -0.39 is 0 Å². The fourth-order valence-electron chi connectivity index (χ4n) is 4.26. The Morgan fingerprint density at radius 2 is 1.74 bits per heavy atom. The monoisotopic (exact) mass is 565 g/mol. The van der Waals surface area contributed by atoms with E-state index in [1.807, 2.05) is 50.2 Å². The summed E-state index contributed by atoms with van der Waals surface area (Å²) in [6.07, 6.45) is 1.64. The molecule has 0 spiro atoms. The lowest BCUT2D eigenvalue weighted by molar-refractivity contribution is -0.123. The van der Waals surface area contributed by atoms with Crippen LogP contribution in [0, 0.1) is 13.8 Å². The Labute approximate surface area is 238 Å². The molecule has 3 aromatic carbocycles. The van der Waals surface area contributed by atoms with Gasteiger partial charge in [0, 0.05) is 0 Å². The van der Waals surface area contributed by atoms with Crippen molar-refractivity contribution in [3.8, 4) is 17.2 Å². The van der Waals surface area contributed by atoms with Gasteiger partial charge in [0.2, 0.25) is 0 Å². The zero-order valence-electron chi connectivity index (χ0n) is 22.7. The Bertz CT molecular complexity index is 1420. The average molecular weight is 566 g/mol. The molecule has 8 heteroatoms. The van der Waals surface area contributed by atoms with E-state index in [0.29, 0.717) is 39.5 Å². The molecule has 6 nitrogen and oxygen atoms in total. The molecule has 0 aliphatic carbocycles. The number of methoxy groups -OCH3 is 1. The number of halogens is 1. The normalized spacial score (nSPS) is 14.4. The number of imide groups is 1. The predicted octanol–water partition coefficient (Wildman–Crippen LogP) is 7.78. The molecule has 1 heterocycles. The summed E-state index contributed by atoms with van der Waals surface area (Å²) >= 11 is 7.44. The average Bonchev–Trinajstić information content (AvgIpc) is 3.15. The number of aryl methyl sites for hydroxylation is 2. The number of hydrogen-bond donors (Lipinski definition) is 0. The van der Waals surface area contributed by atoms with Crippen LogP contribution in [-0.4, -0.2) is 36.3 Å². The van der Waals surface area contributed by atoms with Gasteiger partial charge in [0.15, 0.2) is 11.5 Å². The van der Waals surface area contributed by atoms with Crippen LogP contribution in [0.1, 0.15) is 47.6 Å². The van der Waals surface area contributed by atoms with Crippen LogP contribution in [0.5, 0.6) is 17.2 Å². The van der Waals surface area contributed by atoms with Gasteiger partial charge in [0.25, 0.3) is 11.1 Å². The Kier molecular flexibility index (Phi) is 9.25. The lowest BCUT2D eigenvalue weighted by Crippen LogP contribution is -2.32. The quantitative estimate of drug-likeness (QED) is 0.234. The number of benzene rings is 3. The molecule has 0 unspecified atom stereocenters. The van der Waals surface area contributed by atoms with Gasteiger partial charge in [-0.2, -0.15) is 0 Å². The number of rotatable bonds is 10. The second kappa shape index (κ2) is 12.6. The Balaban J connectivity index is 1.44. The van der Waals surface area contributed by atoms with Crippen LogP contribution in [0.25, 0.3) is 6.08 Å². The zero-order valence-corrected chi connectivity index (χ0v) is 24.3. The van der Waals surface area contributed by atoms with Crippen molar-refractivity contribution in [3.63, 3.8) is 0 Å². The van der Waals surface area contributed by atoms with Gasteiger partial charge in [-0.15, -0.1) is 0 Å². The maximum absolute atomic E-state index is 13.1. The molecule has 0 radical (unpaired) electrons. The van der Waals surface area contributed by atoms with Gasteiger partial charge in [-0.25, -0.2) is 0 Å². The second-order valence-corrected chi connectivity index (χ2v) is 11.1. The highest BCUT2D eigenvalue weighted by Gasteiger charge is 2.35. The van der Waals surface area contributed by atoms with Crippen LogP contribution >= 0.6 is 23.4 Å². The predicted molar refractivity (Wildman–Crippen MR) is 157 cm³/mol. The molecule has 1 aliphatic heterocycles. The number of hydrogen-bond acceptors (Lipinski definition) is 6. The topological polar surface area (TPSA) is 65.1 Å². The lowest BCUT2D eigenvalue weighted by atomic mass is 10.0. The second-order valence-electron chi connectivity index (χ2n) is 9.69. The molecule has 0 saturated carbocycles. The molecule has 204 valence electrons. The van der Waals surface area contributed by atoms with Gasteiger partial charge in [-0.1, -0.05) is 67.4 Å². The highest BCUT2D eigenvalue weighted by atomic mass is 35.5. The third-order valence-electron chi connectivity index (χ3n) is 6.25. The standard InChI is InChI=1S/C31H32ClNO5S/c1-19(2)24-10-9-21(4)14-26(24)37-12-11-33-30(34)28(39-31(33)35)17-23-15-25(32)29(27(16-23)36-5)38-18-22-8-6-7-20(3)13-22/h6-10,13-17,19H,11-12,18H2,1-5H3/b28-17-. The summed E-state index contributed by atoms with van der Waals surface area (Å²) in [5.74, 6) is 1.56. The van der Waals surface area contributed by atoms with E-state index in [1.165, 1.54) is 12.0 Å². The minimum absolute atomic E-state index is 0.156. The lowest BCUT2D eigenvalue weighted by Gasteiger charge is -2.17. The van der Waals surface area contributed by atoms with E-state index in [1.54, 1.807) is 18.2 Å². The number of carbonyl (C=O) groups is 2. The van der Waals surface area contributed by atoms with Crippen molar-refractivity contribution >= 4 is 40.6 Å². The van der Waals surface area contributed by atoms with Gasteiger partial charge in [-0.05, 0) is 78.1 Å². The molecule has 0 aromatic heterocycles. The largest absolute Gasteiger partial charge is 0.493 e. The van der Waals surface area contributed by atoms with Crippen molar-refractivity contribution in [2.75, 3.05) is 20.3 Å². The molecule has 4 rings (SSSR count). The fraction of sp³-hybridized carbons (Fsp3) is 0.290. The Hall–Kier alpha value is -3.42. The summed E-state index contributed by atoms with van der Waals surface area (Å²) < 4.78 is 17.5. The van der Waals surface area contributed by atoms with E-state index >= 15 is 0 Å². The van der Waals surface area contributed by atoms with Gasteiger partial charge in [0.05, 0.1) is 23.6 Å². The van der Waals surface area contributed by atoms with Crippen molar-refractivity contribution in [2.45, 2.75) is 40.2 Å². The first kappa shape index (κ1) is 28.6. The molecule has 1 saturated heterocycles. The number of carbonyl (C=O) groups excluding carboxylic acids is 2. The number of amides is 2. The summed E-state index contributed by atoms with van der Waals surface area (Å²) in [5, 5.41) is 0.0133. The molecule has 0 atom stereocenters. The van der Waals surface area contributed by atoms with Gasteiger partial charge < -0.3 is 14.2 Å². The summed E-state index contributed by atoms with van der Waals surface area (Å²) in [7, 11) is 1.53. The molecule has 1 aliphatic rings. The SMILES string of the molecule is COc1cc(/C=C2\SC(=O)N(CCOc3cc(C)ccc3C(C)C)C2=O)cc(Cl)c1OCc1cccc(C)c1. The van der Waals surface area contributed by atoms with Crippen molar-refractivity contribution in [1.82, 2.24) is 4.90 Å². The van der Waals surface area contributed by atoms with Crippen molar-refractivity contribution in [2.24, 2.45) is 0 Å². The molecule has 2 amide bonds. The maximum Gasteiger partial charge on any atom is 0.293 e. The molecular weight excluding hydrogens is 534 g/mol. The van der Waals surface area contributed by atoms with Crippen LogP contribution in [0.2, 0.25) is 5.02 Å². The van der Waals surface area contributed by atoms with E-state index in [4.69, 9.17) is 25.8 Å². The van der Waals surface area contributed by atoms with Gasteiger partial charge in [-0.3, -0.25) is 14.5 Å². The molecule has 0 N–H and O–H groups in total. The van der Waals surface area contributed by atoms with E-state index in [2.05, 4.69) is 19.9 Å². The summed E-state index contributed by atoms with van der Waals surface area (Å²) in [6, 6.07) is 17.5. The summed E-state index contributed by atoms with van der Waals surface area (Å²) in [6.45, 7) is 8.92. The molecule has 39 heavy (non-hydrogen) atoms. The number of ether oxygens (including phenoxy) is 3. The van der Waals surface area contributed by atoms with E-state index in [9.17, 15) is 9.59 Å². The van der Waals surface area contributed by atoms with Crippen molar-refractivity contribution in [1.29, 1.82) is 0 Å². The highest BCUT2D eigenvalue weighted by Crippen LogP contribution is 2.39. The van der Waals surface area contributed by atoms with Crippen molar-refractivity contribution < 1.29 is 23.8 Å².